The number of nitrogens with one attached hydrogen (secondary N) is 1. The second-order valence-corrected chi connectivity index (χ2v) is 5.07. The van der Waals surface area contributed by atoms with E-state index in [4.69, 9.17) is 4.74 Å². The average molecular weight is 285 g/mol. The van der Waals surface area contributed by atoms with Crippen molar-refractivity contribution in [2.75, 3.05) is 13.7 Å². The third-order valence-corrected chi connectivity index (χ3v) is 3.68. The zero-order valence-corrected chi connectivity index (χ0v) is 12.7. The summed E-state index contributed by atoms with van der Waals surface area (Å²) in [5.41, 5.74) is 2.42. The number of aromatic hydroxyl groups is 1. The predicted molar refractivity (Wildman–Crippen MR) is 85.8 cm³/mol. The number of hydrogen-bond donors (Lipinski definition) is 2. The third kappa shape index (κ3) is 4.23. The van der Waals surface area contributed by atoms with Gasteiger partial charge in [-0.05, 0) is 48.7 Å². The number of benzene rings is 2. The van der Waals surface area contributed by atoms with Gasteiger partial charge in [0.15, 0.2) is 0 Å². The van der Waals surface area contributed by atoms with Crippen molar-refractivity contribution in [2.45, 2.75) is 25.8 Å². The molecule has 0 aliphatic heterocycles. The molecule has 0 radical (unpaired) electrons. The first-order valence-electron chi connectivity index (χ1n) is 7.38. The molecular weight excluding hydrogens is 262 g/mol. The molecule has 2 N–H and O–H groups in total. The van der Waals surface area contributed by atoms with Crippen LogP contribution in [0.1, 0.15) is 30.5 Å². The number of rotatable bonds is 7. The van der Waals surface area contributed by atoms with E-state index < -0.39 is 0 Å². The largest absolute Gasteiger partial charge is 0.508 e. The van der Waals surface area contributed by atoms with E-state index in [9.17, 15) is 5.11 Å². The van der Waals surface area contributed by atoms with Crippen LogP contribution in [-0.4, -0.2) is 18.8 Å². The van der Waals surface area contributed by atoms with Crippen molar-refractivity contribution in [1.82, 2.24) is 5.32 Å². The lowest BCUT2D eigenvalue weighted by Gasteiger charge is -2.18. The fourth-order valence-corrected chi connectivity index (χ4v) is 2.50. The van der Waals surface area contributed by atoms with Crippen molar-refractivity contribution in [3.05, 3.63) is 59.7 Å². The zero-order valence-electron chi connectivity index (χ0n) is 12.7. The molecule has 0 saturated heterocycles. The van der Waals surface area contributed by atoms with E-state index in [1.807, 2.05) is 30.3 Å². The number of ether oxygens (including phenoxy) is 1. The van der Waals surface area contributed by atoms with Crippen LogP contribution in [0.2, 0.25) is 0 Å². The smallest absolute Gasteiger partial charge is 0.122 e. The van der Waals surface area contributed by atoms with Crippen molar-refractivity contribution in [1.29, 1.82) is 0 Å². The molecule has 21 heavy (non-hydrogen) atoms. The standard InChI is InChI=1S/C18H23NO2/c1-3-17(14-8-10-16(20)11-9-14)19-13-12-15-6-4-5-7-18(15)21-2/h4-11,17,19-20H,3,12-13H2,1-2H3. The van der Waals surface area contributed by atoms with Gasteiger partial charge < -0.3 is 15.2 Å². The molecule has 0 heterocycles. The summed E-state index contributed by atoms with van der Waals surface area (Å²) in [6.45, 7) is 3.05. The highest BCUT2D eigenvalue weighted by Crippen LogP contribution is 2.21. The van der Waals surface area contributed by atoms with E-state index in [0.29, 0.717) is 11.8 Å². The summed E-state index contributed by atoms with van der Waals surface area (Å²) < 4.78 is 5.37. The molecule has 112 valence electrons. The summed E-state index contributed by atoms with van der Waals surface area (Å²) in [5, 5.41) is 12.9. The van der Waals surface area contributed by atoms with Crippen molar-refractivity contribution < 1.29 is 9.84 Å². The molecular formula is C18H23NO2. The van der Waals surface area contributed by atoms with Crippen LogP contribution in [0.25, 0.3) is 0 Å². The van der Waals surface area contributed by atoms with Crippen molar-refractivity contribution in [2.24, 2.45) is 0 Å². The highest BCUT2D eigenvalue weighted by molar-refractivity contribution is 5.33. The topological polar surface area (TPSA) is 41.5 Å². The normalized spacial score (nSPS) is 12.1. The quantitative estimate of drug-likeness (QED) is 0.815. The van der Waals surface area contributed by atoms with Crippen LogP contribution in [0.15, 0.2) is 48.5 Å². The van der Waals surface area contributed by atoms with Crippen LogP contribution in [-0.2, 0) is 6.42 Å². The maximum atomic E-state index is 9.36. The monoisotopic (exact) mass is 285 g/mol. The lowest BCUT2D eigenvalue weighted by Crippen LogP contribution is -2.23. The van der Waals surface area contributed by atoms with Gasteiger partial charge in [0.1, 0.15) is 11.5 Å². The first kappa shape index (κ1) is 15.4. The van der Waals surface area contributed by atoms with Gasteiger partial charge in [-0.2, -0.15) is 0 Å². The Balaban J connectivity index is 1.93. The average Bonchev–Trinajstić information content (AvgIpc) is 2.53. The highest BCUT2D eigenvalue weighted by Gasteiger charge is 2.09. The van der Waals surface area contributed by atoms with Gasteiger partial charge in [-0.15, -0.1) is 0 Å². The Morgan fingerprint density at radius 2 is 1.81 bits per heavy atom. The molecule has 3 heteroatoms. The minimum Gasteiger partial charge on any atom is -0.508 e. The molecule has 0 aliphatic rings. The van der Waals surface area contributed by atoms with E-state index >= 15 is 0 Å². The number of para-hydroxylation sites is 1. The fourth-order valence-electron chi connectivity index (χ4n) is 2.50. The van der Waals surface area contributed by atoms with Crippen LogP contribution >= 0.6 is 0 Å². The summed E-state index contributed by atoms with van der Waals surface area (Å²) >= 11 is 0. The second-order valence-electron chi connectivity index (χ2n) is 5.07. The maximum Gasteiger partial charge on any atom is 0.122 e. The molecule has 0 bridgehead atoms. The van der Waals surface area contributed by atoms with Crippen molar-refractivity contribution in [3.8, 4) is 11.5 Å². The summed E-state index contributed by atoms with van der Waals surface area (Å²) in [4.78, 5) is 0. The molecule has 2 aromatic rings. The van der Waals surface area contributed by atoms with E-state index in [1.165, 1.54) is 11.1 Å². The Bertz CT molecular complexity index is 551. The van der Waals surface area contributed by atoms with Crippen LogP contribution in [0, 0.1) is 0 Å². The van der Waals surface area contributed by atoms with Crippen molar-refractivity contribution in [3.63, 3.8) is 0 Å². The van der Waals surface area contributed by atoms with Crippen LogP contribution in [0.3, 0.4) is 0 Å². The fraction of sp³-hybridized carbons (Fsp3) is 0.333. The lowest BCUT2D eigenvalue weighted by molar-refractivity contribution is 0.408. The number of methoxy groups -OCH3 is 1. The predicted octanol–water partition coefficient (Wildman–Crippen LogP) is 3.68. The molecule has 0 spiro atoms. The zero-order chi connectivity index (χ0) is 15.1. The van der Waals surface area contributed by atoms with E-state index in [1.54, 1.807) is 19.2 Å². The number of phenolic OH excluding ortho intramolecular Hbond substituents is 1. The summed E-state index contributed by atoms with van der Waals surface area (Å²) in [6, 6.07) is 15.8. The first-order chi connectivity index (χ1) is 10.2. The number of phenols is 1. The minimum absolute atomic E-state index is 0.306. The maximum absolute atomic E-state index is 9.36. The van der Waals surface area contributed by atoms with Crippen LogP contribution in [0.5, 0.6) is 11.5 Å². The number of hydrogen-bond acceptors (Lipinski definition) is 3. The highest BCUT2D eigenvalue weighted by atomic mass is 16.5. The van der Waals surface area contributed by atoms with Crippen molar-refractivity contribution >= 4 is 0 Å². The summed E-state index contributed by atoms with van der Waals surface area (Å²) in [5.74, 6) is 1.25. The Labute approximate surface area is 126 Å². The Morgan fingerprint density at radius 3 is 2.48 bits per heavy atom. The molecule has 0 fully saturated rings. The molecule has 0 saturated carbocycles. The second kappa shape index (κ2) is 7.70. The van der Waals surface area contributed by atoms with E-state index in [-0.39, 0.29) is 0 Å². The molecule has 1 unspecified atom stereocenters. The summed E-state index contributed by atoms with van der Waals surface area (Å²) in [6.07, 6.45) is 1.94. The molecule has 3 nitrogen and oxygen atoms in total. The van der Waals surface area contributed by atoms with Crippen LogP contribution < -0.4 is 10.1 Å². The van der Waals surface area contributed by atoms with Gasteiger partial charge in [0.05, 0.1) is 7.11 Å². The summed E-state index contributed by atoms with van der Waals surface area (Å²) in [7, 11) is 1.71. The van der Waals surface area contributed by atoms with Gasteiger partial charge in [-0.1, -0.05) is 37.3 Å². The van der Waals surface area contributed by atoms with Gasteiger partial charge in [-0.3, -0.25) is 0 Å². The lowest BCUT2D eigenvalue weighted by atomic mass is 10.0. The Hall–Kier alpha value is -2.00. The molecule has 1 atom stereocenters. The first-order valence-corrected chi connectivity index (χ1v) is 7.38. The Morgan fingerprint density at radius 1 is 1.10 bits per heavy atom. The minimum atomic E-state index is 0.306. The molecule has 2 rings (SSSR count). The van der Waals surface area contributed by atoms with Gasteiger partial charge in [0, 0.05) is 6.04 Å². The van der Waals surface area contributed by atoms with E-state index in [0.717, 1.165) is 25.1 Å². The van der Waals surface area contributed by atoms with Gasteiger partial charge in [-0.25, -0.2) is 0 Å². The third-order valence-electron chi connectivity index (χ3n) is 3.68. The van der Waals surface area contributed by atoms with Crippen LogP contribution in [0.4, 0.5) is 0 Å². The molecule has 2 aromatic carbocycles. The van der Waals surface area contributed by atoms with Gasteiger partial charge in [0.2, 0.25) is 0 Å². The Kier molecular flexibility index (Phi) is 5.64. The molecule has 0 amide bonds. The molecule has 0 aliphatic carbocycles. The van der Waals surface area contributed by atoms with Gasteiger partial charge >= 0.3 is 0 Å². The van der Waals surface area contributed by atoms with E-state index in [2.05, 4.69) is 18.3 Å². The SMILES string of the molecule is CCC(NCCc1ccccc1OC)c1ccc(O)cc1. The molecule has 0 aromatic heterocycles. The van der Waals surface area contributed by atoms with Gasteiger partial charge in [0.25, 0.3) is 0 Å².